The lowest BCUT2D eigenvalue weighted by Crippen LogP contribution is -2.22. The minimum Gasteiger partial charge on any atom is -0.494 e. The van der Waals surface area contributed by atoms with Crippen molar-refractivity contribution in [3.63, 3.8) is 0 Å². The summed E-state index contributed by atoms with van der Waals surface area (Å²) in [6.07, 6.45) is -6.56. The Labute approximate surface area is 221 Å². The summed E-state index contributed by atoms with van der Waals surface area (Å²) < 4.78 is 65.3. The molecule has 0 bridgehead atoms. The number of amides is 1. The van der Waals surface area contributed by atoms with Gasteiger partial charge in [-0.2, -0.15) is 18.3 Å². The molecule has 2 aromatic carbocycles. The first-order valence-corrected chi connectivity index (χ1v) is 11.7. The van der Waals surface area contributed by atoms with Gasteiger partial charge in [-0.05, 0) is 46.4 Å². The predicted octanol–water partition coefficient (Wildman–Crippen LogP) is 5.21. The van der Waals surface area contributed by atoms with Crippen LogP contribution in [0.5, 0.6) is 11.5 Å². The summed E-state index contributed by atoms with van der Waals surface area (Å²) in [6, 6.07) is 8.68. The first-order valence-electron chi connectivity index (χ1n) is 10.7. The highest BCUT2D eigenvalue weighted by molar-refractivity contribution is 14.1. The van der Waals surface area contributed by atoms with Crippen LogP contribution in [0.3, 0.4) is 0 Å². The van der Waals surface area contributed by atoms with Gasteiger partial charge in [0.1, 0.15) is 15.3 Å². The van der Waals surface area contributed by atoms with Crippen LogP contribution >= 0.6 is 22.6 Å². The quantitative estimate of drug-likeness (QED) is 0.190. The molecule has 2 heterocycles. The number of nitrogens with zero attached hydrogens (tertiary/aromatic N) is 3. The van der Waals surface area contributed by atoms with Crippen molar-refractivity contribution in [1.29, 1.82) is 0 Å². The van der Waals surface area contributed by atoms with Crippen molar-refractivity contribution in [2.45, 2.75) is 19.1 Å². The maximum absolute atomic E-state index is 14.6. The van der Waals surface area contributed by atoms with E-state index in [-0.39, 0.29) is 40.7 Å². The number of aromatic nitrogens is 4. The van der Waals surface area contributed by atoms with Gasteiger partial charge >= 0.3 is 12.3 Å². The Hall–Kier alpha value is -3.69. The van der Waals surface area contributed by atoms with Crippen molar-refractivity contribution in [2.75, 3.05) is 19.5 Å². The number of anilines is 1. The standard InChI is InChI=1S/C23H19F4IN6O3/c1-29-22(35)37-15-6-4-3-5-11(15)10-30-20-17-18(28)33-34-21(17)32-19(31-20)13-8-14(24)16(36-2)7-12(13)9-23(25,26)27/h3-8H,9-10H2,1-2H3,(H,29,35)(H2,30,31,32,33,34). The lowest BCUT2D eigenvalue weighted by molar-refractivity contribution is -0.127. The third-order valence-electron chi connectivity index (χ3n) is 5.20. The lowest BCUT2D eigenvalue weighted by Gasteiger charge is -2.15. The van der Waals surface area contributed by atoms with E-state index in [1.54, 1.807) is 24.3 Å². The van der Waals surface area contributed by atoms with Crippen LogP contribution in [-0.2, 0) is 13.0 Å². The minimum atomic E-state index is -4.57. The van der Waals surface area contributed by atoms with Crippen LogP contribution < -0.4 is 20.1 Å². The van der Waals surface area contributed by atoms with Crippen molar-refractivity contribution < 1.29 is 31.8 Å². The summed E-state index contributed by atoms with van der Waals surface area (Å²) in [5.41, 5.74) is 0.361. The van der Waals surface area contributed by atoms with Crippen LogP contribution in [0.2, 0.25) is 0 Å². The third-order valence-corrected chi connectivity index (χ3v) is 5.99. The van der Waals surface area contributed by atoms with Gasteiger partial charge in [0, 0.05) is 24.7 Å². The molecule has 0 aliphatic heterocycles. The number of rotatable bonds is 7. The number of nitrogens with one attached hydrogen (secondary N) is 3. The topological polar surface area (TPSA) is 114 Å². The number of carbonyl (C=O) groups excluding carboxylic acids is 1. The van der Waals surface area contributed by atoms with Crippen molar-refractivity contribution in [2.24, 2.45) is 0 Å². The summed E-state index contributed by atoms with van der Waals surface area (Å²) in [5.74, 6) is -0.815. The Kier molecular flexibility index (Phi) is 7.65. The number of aromatic amines is 1. The second-order valence-electron chi connectivity index (χ2n) is 7.67. The molecule has 0 saturated heterocycles. The van der Waals surface area contributed by atoms with Crippen LogP contribution in [0.1, 0.15) is 11.1 Å². The Balaban J connectivity index is 1.78. The van der Waals surface area contributed by atoms with Gasteiger partial charge in [0.25, 0.3) is 0 Å². The Morgan fingerprint density at radius 2 is 1.89 bits per heavy atom. The zero-order chi connectivity index (χ0) is 26.7. The van der Waals surface area contributed by atoms with E-state index in [4.69, 9.17) is 9.47 Å². The Morgan fingerprint density at radius 3 is 2.59 bits per heavy atom. The maximum atomic E-state index is 14.6. The monoisotopic (exact) mass is 630 g/mol. The van der Waals surface area contributed by atoms with Gasteiger partial charge in [0.15, 0.2) is 23.0 Å². The number of H-pyrrole nitrogens is 1. The molecule has 4 rings (SSSR count). The Bertz CT molecular complexity index is 1460. The average molecular weight is 630 g/mol. The van der Waals surface area contributed by atoms with Crippen LogP contribution in [0.4, 0.5) is 28.2 Å². The van der Waals surface area contributed by atoms with Crippen molar-refractivity contribution in [3.05, 3.63) is 57.0 Å². The van der Waals surface area contributed by atoms with Gasteiger partial charge in [0.05, 0.1) is 18.9 Å². The number of para-hydroxylation sites is 1. The van der Waals surface area contributed by atoms with Crippen LogP contribution in [0, 0.1) is 9.52 Å². The number of hydrogen-bond acceptors (Lipinski definition) is 7. The van der Waals surface area contributed by atoms with E-state index >= 15 is 0 Å². The summed E-state index contributed by atoms with van der Waals surface area (Å²) in [5, 5.41) is 12.8. The SMILES string of the molecule is CNC(=O)Oc1ccccc1CNc1nc(-c2cc(F)c(OC)cc2CC(F)(F)F)nc2n[nH]c(I)c12. The Morgan fingerprint density at radius 1 is 1.14 bits per heavy atom. The number of hydrogen-bond donors (Lipinski definition) is 3. The van der Waals surface area contributed by atoms with E-state index in [1.807, 2.05) is 22.6 Å². The van der Waals surface area contributed by atoms with Gasteiger partial charge in [-0.15, -0.1) is 0 Å². The minimum absolute atomic E-state index is 0.131. The highest BCUT2D eigenvalue weighted by Crippen LogP contribution is 2.35. The molecule has 0 radical (unpaired) electrons. The fourth-order valence-corrected chi connectivity index (χ4v) is 4.16. The molecule has 0 spiro atoms. The summed E-state index contributed by atoms with van der Waals surface area (Å²) >= 11 is 1.99. The molecule has 14 heteroatoms. The zero-order valence-corrected chi connectivity index (χ0v) is 21.5. The van der Waals surface area contributed by atoms with Gasteiger partial charge < -0.3 is 20.1 Å². The fourth-order valence-electron chi connectivity index (χ4n) is 3.54. The van der Waals surface area contributed by atoms with Gasteiger partial charge in [-0.1, -0.05) is 18.2 Å². The second-order valence-corrected chi connectivity index (χ2v) is 8.75. The van der Waals surface area contributed by atoms with Gasteiger partial charge in [-0.3, -0.25) is 5.10 Å². The molecule has 37 heavy (non-hydrogen) atoms. The molecule has 2 aromatic heterocycles. The number of alkyl halides is 3. The largest absolute Gasteiger partial charge is 0.494 e. The van der Waals surface area contributed by atoms with Gasteiger partial charge in [0.2, 0.25) is 0 Å². The molecule has 4 aromatic rings. The number of carbonyl (C=O) groups is 1. The number of benzene rings is 2. The van der Waals surface area contributed by atoms with E-state index in [1.165, 1.54) is 7.05 Å². The van der Waals surface area contributed by atoms with Crippen molar-refractivity contribution in [3.8, 4) is 22.9 Å². The molecule has 0 unspecified atom stereocenters. The number of methoxy groups -OCH3 is 1. The molecular weight excluding hydrogens is 611 g/mol. The highest BCUT2D eigenvalue weighted by Gasteiger charge is 2.31. The molecule has 0 atom stereocenters. The molecule has 0 fully saturated rings. The summed E-state index contributed by atoms with van der Waals surface area (Å²) in [6.45, 7) is 0.131. The third kappa shape index (κ3) is 6.00. The molecule has 9 nitrogen and oxygen atoms in total. The molecule has 0 aliphatic carbocycles. The lowest BCUT2D eigenvalue weighted by atomic mass is 10.0. The van der Waals surface area contributed by atoms with Crippen molar-refractivity contribution in [1.82, 2.24) is 25.5 Å². The van der Waals surface area contributed by atoms with E-state index in [2.05, 4.69) is 30.8 Å². The summed E-state index contributed by atoms with van der Waals surface area (Å²) in [4.78, 5) is 20.4. The van der Waals surface area contributed by atoms with Gasteiger partial charge in [-0.25, -0.2) is 19.2 Å². The van der Waals surface area contributed by atoms with E-state index in [0.717, 1.165) is 19.2 Å². The molecule has 0 saturated carbocycles. The normalized spacial score (nSPS) is 11.4. The average Bonchev–Trinajstić information content (AvgIpc) is 3.23. The molecule has 3 N–H and O–H groups in total. The number of fused-ring (bicyclic) bond motifs is 1. The zero-order valence-electron chi connectivity index (χ0n) is 19.3. The van der Waals surface area contributed by atoms with Crippen LogP contribution in [0.15, 0.2) is 36.4 Å². The van der Waals surface area contributed by atoms with Crippen molar-refractivity contribution >= 4 is 45.5 Å². The highest BCUT2D eigenvalue weighted by atomic mass is 127. The summed E-state index contributed by atoms with van der Waals surface area (Å²) in [7, 11) is 2.59. The molecule has 1 amide bonds. The maximum Gasteiger partial charge on any atom is 0.412 e. The number of halogens is 5. The smallest absolute Gasteiger partial charge is 0.412 e. The molecule has 0 aliphatic rings. The fraction of sp³-hybridized carbons (Fsp3) is 0.217. The van der Waals surface area contributed by atoms with E-state index in [0.29, 0.717) is 20.4 Å². The van der Waals surface area contributed by atoms with E-state index < -0.39 is 24.5 Å². The van der Waals surface area contributed by atoms with Crippen LogP contribution in [0.25, 0.3) is 22.4 Å². The van der Waals surface area contributed by atoms with E-state index in [9.17, 15) is 22.4 Å². The molecular formula is C23H19F4IN6O3. The predicted molar refractivity (Wildman–Crippen MR) is 135 cm³/mol. The molecule has 194 valence electrons. The number of ether oxygens (including phenoxy) is 2. The first-order chi connectivity index (χ1) is 17.6. The van der Waals surface area contributed by atoms with Crippen LogP contribution in [-0.4, -0.2) is 46.6 Å². The second kappa shape index (κ2) is 10.7. The first kappa shape index (κ1) is 26.4.